The molecule has 3 rings (SSSR count). The van der Waals surface area contributed by atoms with Crippen LogP contribution in [0, 0.1) is 0 Å². The molecule has 2 heterocycles. The van der Waals surface area contributed by atoms with E-state index in [0.29, 0.717) is 17.7 Å². The fourth-order valence-electron chi connectivity index (χ4n) is 2.46. The number of para-hydroxylation sites is 1. The molecular weight excluding hydrogens is 290 g/mol. The van der Waals surface area contributed by atoms with E-state index in [2.05, 4.69) is 43.9 Å². The molecule has 0 saturated heterocycles. The minimum Gasteiger partial charge on any atom is -0.382 e. The Bertz CT molecular complexity index is 804. The number of aromatic nitrogens is 4. The molecule has 0 spiro atoms. The lowest BCUT2D eigenvalue weighted by molar-refractivity contribution is 0.753. The van der Waals surface area contributed by atoms with E-state index in [1.807, 2.05) is 18.2 Å². The molecule has 0 aliphatic heterocycles. The van der Waals surface area contributed by atoms with Crippen LogP contribution in [0.5, 0.6) is 0 Å². The molecule has 3 aromatic rings. The lowest BCUT2D eigenvalue weighted by atomic mass is 10.2. The largest absolute Gasteiger partial charge is 0.382 e. The zero-order valence-electron chi connectivity index (χ0n) is 13.0. The maximum atomic E-state index is 5.88. The van der Waals surface area contributed by atoms with Crippen molar-refractivity contribution in [2.24, 2.45) is 0 Å². The Hall–Kier alpha value is -2.96. The zero-order valence-corrected chi connectivity index (χ0v) is 13.0. The molecule has 4 N–H and O–H groups in total. The van der Waals surface area contributed by atoms with Gasteiger partial charge in [-0.3, -0.25) is 0 Å². The molecule has 0 saturated carbocycles. The van der Waals surface area contributed by atoms with E-state index in [1.165, 1.54) is 0 Å². The van der Waals surface area contributed by atoms with Crippen molar-refractivity contribution in [2.45, 2.75) is 19.9 Å². The number of nitrogens with two attached hydrogens (primary N) is 2. The van der Waals surface area contributed by atoms with Gasteiger partial charge >= 0.3 is 0 Å². The summed E-state index contributed by atoms with van der Waals surface area (Å²) in [4.78, 5) is 19.1. The molecular formula is C16H19N7. The molecule has 118 valence electrons. The lowest BCUT2D eigenvalue weighted by Gasteiger charge is -2.23. The molecule has 0 aliphatic rings. The average Bonchev–Trinajstić information content (AvgIpc) is 2.56. The van der Waals surface area contributed by atoms with Crippen LogP contribution in [0.4, 0.5) is 17.5 Å². The first kappa shape index (κ1) is 15.0. The Balaban J connectivity index is 1.93. The van der Waals surface area contributed by atoms with E-state index < -0.39 is 0 Å². The van der Waals surface area contributed by atoms with E-state index in [1.54, 1.807) is 6.20 Å². The number of nitrogen functional groups attached to an aromatic ring is 2. The summed E-state index contributed by atoms with van der Waals surface area (Å²) in [6.45, 7) is 3.72. The molecule has 2 aromatic heterocycles. The van der Waals surface area contributed by atoms with Crippen molar-refractivity contribution in [3.8, 4) is 0 Å². The fraction of sp³-hybridized carbons (Fsp3) is 0.250. The Morgan fingerprint density at radius 1 is 1.04 bits per heavy atom. The molecule has 0 atom stereocenters. The summed E-state index contributed by atoms with van der Waals surface area (Å²) in [7, 11) is 0. The van der Waals surface area contributed by atoms with E-state index in [9.17, 15) is 0 Å². The van der Waals surface area contributed by atoms with Gasteiger partial charge in [-0.15, -0.1) is 0 Å². The molecule has 0 bridgehead atoms. The van der Waals surface area contributed by atoms with Gasteiger partial charge in [-0.2, -0.15) is 9.97 Å². The highest BCUT2D eigenvalue weighted by atomic mass is 15.1. The van der Waals surface area contributed by atoms with Gasteiger partial charge in [-0.1, -0.05) is 25.1 Å². The molecule has 7 nitrogen and oxygen atoms in total. The summed E-state index contributed by atoms with van der Waals surface area (Å²) in [5.41, 5.74) is 14.3. The van der Waals surface area contributed by atoms with Gasteiger partial charge in [-0.05, 0) is 18.6 Å². The molecule has 1 aromatic carbocycles. The van der Waals surface area contributed by atoms with Gasteiger partial charge < -0.3 is 16.4 Å². The van der Waals surface area contributed by atoms with E-state index in [4.69, 9.17) is 11.5 Å². The normalized spacial score (nSPS) is 10.8. The quantitative estimate of drug-likeness (QED) is 0.742. The molecule has 0 aliphatic carbocycles. The molecule has 0 amide bonds. The van der Waals surface area contributed by atoms with Gasteiger partial charge in [0.05, 0.1) is 18.4 Å². The highest BCUT2D eigenvalue weighted by Gasteiger charge is 2.11. The third-order valence-electron chi connectivity index (χ3n) is 3.47. The Labute approximate surface area is 134 Å². The van der Waals surface area contributed by atoms with Crippen molar-refractivity contribution >= 4 is 28.6 Å². The number of nitrogens with zero attached hydrogens (tertiary/aromatic N) is 5. The van der Waals surface area contributed by atoms with Crippen molar-refractivity contribution in [1.82, 2.24) is 19.9 Å². The van der Waals surface area contributed by atoms with Gasteiger partial charge in [0.2, 0.25) is 5.95 Å². The minimum absolute atomic E-state index is 0.106. The minimum atomic E-state index is 0.106. The topological polar surface area (TPSA) is 107 Å². The number of hydrogen-bond acceptors (Lipinski definition) is 7. The van der Waals surface area contributed by atoms with E-state index in [-0.39, 0.29) is 11.8 Å². The van der Waals surface area contributed by atoms with Gasteiger partial charge in [0.15, 0.2) is 17.0 Å². The Morgan fingerprint density at radius 2 is 1.83 bits per heavy atom. The summed E-state index contributed by atoms with van der Waals surface area (Å²) >= 11 is 0. The fourth-order valence-corrected chi connectivity index (χ4v) is 2.46. The second-order valence-electron chi connectivity index (χ2n) is 5.26. The third-order valence-corrected chi connectivity index (χ3v) is 3.47. The standard InChI is InChI=1S/C16H19N7/c1-2-8-23(12-6-4-3-5-7-12)10-11-9-19-15-13(20-11)14(17)21-16(18)22-15/h3-7,9H,2,8,10H2,1H3,(H4,17,18,19,21,22). The van der Waals surface area contributed by atoms with Crippen molar-refractivity contribution in [2.75, 3.05) is 22.9 Å². The molecule has 7 heteroatoms. The predicted octanol–water partition coefficient (Wildman–Crippen LogP) is 2.00. The van der Waals surface area contributed by atoms with Crippen LogP contribution >= 0.6 is 0 Å². The van der Waals surface area contributed by atoms with Gasteiger partial charge in [0, 0.05) is 12.2 Å². The first-order valence-corrected chi connectivity index (χ1v) is 7.52. The van der Waals surface area contributed by atoms with Crippen LogP contribution < -0.4 is 16.4 Å². The molecule has 0 radical (unpaired) electrons. The number of benzene rings is 1. The maximum Gasteiger partial charge on any atom is 0.224 e. The first-order chi connectivity index (χ1) is 11.2. The Kier molecular flexibility index (Phi) is 4.18. The monoisotopic (exact) mass is 309 g/mol. The van der Waals surface area contributed by atoms with Crippen molar-refractivity contribution < 1.29 is 0 Å². The van der Waals surface area contributed by atoms with Crippen LogP contribution in [0.2, 0.25) is 0 Å². The molecule has 0 fully saturated rings. The van der Waals surface area contributed by atoms with Crippen molar-refractivity contribution in [1.29, 1.82) is 0 Å². The molecule has 23 heavy (non-hydrogen) atoms. The summed E-state index contributed by atoms with van der Waals surface area (Å²) < 4.78 is 0. The lowest BCUT2D eigenvalue weighted by Crippen LogP contribution is -2.24. The second kappa shape index (κ2) is 6.43. The van der Waals surface area contributed by atoms with Gasteiger partial charge in [0.1, 0.15) is 0 Å². The van der Waals surface area contributed by atoms with Crippen LogP contribution in [0.15, 0.2) is 36.5 Å². The predicted molar refractivity (Wildman–Crippen MR) is 91.7 cm³/mol. The molecule has 0 unspecified atom stereocenters. The SMILES string of the molecule is CCCN(Cc1cnc2nc(N)nc(N)c2n1)c1ccccc1. The second-order valence-corrected chi connectivity index (χ2v) is 5.26. The first-order valence-electron chi connectivity index (χ1n) is 7.52. The van der Waals surface area contributed by atoms with Crippen LogP contribution in [-0.2, 0) is 6.54 Å². The summed E-state index contributed by atoms with van der Waals surface area (Å²) in [6.07, 6.45) is 2.75. The summed E-state index contributed by atoms with van der Waals surface area (Å²) in [5, 5.41) is 0. The van der Waals surface area contributed by atoms with Crippen molar-refractivity contribution in [3.63, 3.8) is 0 Å². The number of rotatable bonds is 5. The van der Waals surface area contributed by atoms with Crippen LogP contribution in [-0.4, -0.2) is 26.5 Å². The van der Waals surface area contributed by atoms with Crippen molar-refractivity contribution in [3.05, 3.63) is 42.2 Å². The number of anilines is 3. The summed E-state index contributed by atoms with van der Waals surface area (Å²) in [6, 6.07) is 10.2. The highest BCUT2D eigenvalue weighted by molar-refractivity contribution is 5.81. The Morgan fingerprint density at radius 3 is 2.57 bits per heavy atom. The number of hydrogen-bond donors (Lipinski definition) is 2. The average molecular weight is 309 g/mol. The number of fused-ring (bicyclic) bond motifs is 1. The van der Waals surface area contributed by atoms with Crippen LogP contribution in [0.1, 0.15) is 19.0 Å². The van der Waals surface area contributed by atoms with Gasteiger partial charge in [0.25, 0.3) is 0 Å². The van der Waals surface area contributed by atoms with Crippen LogP contribution in [0.25, 0.3) is 11.2 Å². The maximum absolute atomic E-state index is 5.88. The van der Waals surface area contributed by atoms with E-state index in [0.717, 1.165) is 24.3 Å². The van der Waals surface area contributed by atoms with Crippen LogP contribution in [0.3, 0.4) is 0 Å². The van der Waals surface area contributed by atoms with E-state index >= 15 is 0 Å². The third kappa shape index (κ3) is 3.28. The summed E-state index contributed by atoms with van der Waals surface area (Å²) in [5.74, 6) is 0.359. The van der Waals surface area contributed by atoms with Gasteiger partial charge in [-0.25, -0.2) is 9.97 Å². The smallest absolute Gasteiger partial charge is 0.224 e. The highest BCUT2D eigenvalue weighted by Crippen LogP contribution is 2.19. The zero-order chi connectivity index (χ0) is 16.2.